The second-order valence-electron chi connectivity index (χ2n) is 7.09. The molecule has 0 amide bonds. The third kappa shape index (κ3) is 2.73. The summed E-state index contributed by atoms with van der Waals surface area (Å²) >= 11 is 1.89. The molecule has 2 heterocycles. The van der Waals surface area contributed by atoms with Crippen molar-refractivity contribution in [3.63, 3.8) is 0 Å². The van der Waals surface area contributed by atoms with Crippen LogP contribution in [0.15, 0.2) is 6.33 Å². The summed E-state index contributed by atoms with van der Waals surface area (Å²) in [5, 5.41) is 5.10. The van der Waals surface area contributed by atoms with Gasteiger partial charge in [0, 0.05) is 10.9 Å². The van der Waals surface area contributed by atoms with Crippen LogP contribution in [0.4, 0.5) is 5.82 Å². The van der Waals surface area contributed by atoms with Crippen molar-refractivity contribution in [3.8, 4) is 0 Å². The van der Waals surface area contributed by atoms with E-state index in [4.69, 9.17) is 0 Å². The first kappa shape index (κ1) is 14.4. The van der Waals surface area contributed by atoms with Crippen molar-refractivity contribution < 1.29 is 0 Å². The number of aromatic nitrogens is 2. The molecule has 1 unspecified atom stereocenters. The maximum Gasteiger partial charge on any atom is 0.138 e. The minimum atomic E-state index is 0.596. The lowest BCUT2D eigenvalue weighted by Gasteiger charge is -2.20. The Kier molecular flexibility index (Phi) is 4.03. The average molecular weight is 315 g/mol. The van der Waals surface area contributed by atoms with Gasteiger partial charge in [-0.05, 0) is 43.6 Å². The minimum Gasteiger partial charge on any atom is -0.367 e. The number of nitrogens with one attached hydrogen (secondary N) is 1. The van der Waals surface area contributed by atoms with Crippen LogP contribution in [0.5, 0.6) is 0 Å². The molecule has 0 spiro atoms. The summed E-state index contributed by atoms with van der Waals surface area (Å²) in [5.74, 6) is 1.91. The smallest absolute Gasteiger partial charge is 0.138 e. The average Bonchev–Trinajstić information content (AvgIpc) is 2.69. The molecule has 0 saturated heterocycles. The van der Waals surface area contributed by atoms with E-state index in [0.29, 0.717) is 6.04 Å². The molecule has 1 N–H and O–H groups in total. The summed E-state index contributed by atoms with van der Waals surface area (Å²) in [5.41, 5.74) is 1.54. The molecule has 1 atom stereocenters. The van der Waals surface area contributed by atoms with Gasteiger partial charge in [-0.3, -0.25) is 0 Å². The van der Waals surface area contributed by atoms with Gasteiger partial charge < -0.3 is 5.32 Å². The van der Waals surface area contributed by atoms with E-state index in [-0.39, 0.29) is 0 Å². The Hall–Kier alpha value is -1.16. The topological polar surface area (TPSA) is 37.8 Å². The van der Waals surface area contributed by atoms with Crippen LogP contribution in [0, 0.1) is 5.92 Å². The van der Waals surface area contributed by atoms with Gasteiger partial charge in [0.15, 0.2) is 0 Å². The van der Waals surface area contributed by atoms with Gasteiger partial charge in [0.1, 0.15) is 17.0 Å². The summed E-state index contributed by atoms with van der Waals surface area (Å²) in [6.07, 6.45) is 13.5. The first-order valence-electron chi connectivity index (χ1n) is 8.83. The van der Waals surface area contributed by atoms with E-state index in [1.54, 1.807) is 11.2 Å². The molecule has 4 rings (SSSR count). The van der Waals surface area contributed by atoms with E-state index in [1.165, 1.54) is 73.6 Å². The Balaban J connectivity index is 1.68. The van der Waals surface area contributed by atoms with Crippen molar-refractivity contribution in [2.75, 3.05) is 5.32 Å². The predicted molar refractivity (Wildman–Crippen MR) is 93.7 cm³/mol. The lowest BCUT2D eigenvalue weighted by molar-refractivity contribution is 0.509. The predicted octanol–water partition coefficient (Wildman–Crippen LogP) is 4.95. The number of thiophene rings is 1. The second kappa shape index (κ2) is 6.15. The van der Waals surface area contributed by atoms with Crippen LogP contribution < -0.4 is 5.32 Å². The molecule has 3 nitrogen and oxygen atoms in total. The number of hydrogen-bond acceptors (Lipinski definition) is 4. The van der Waals surface area contributed by atoms with Crippen LogP contribution in [-0.2, 0) is 12.8 Å². The Bertz CT molecular complexity index is 656. The van der Waals surface area contributed by atoms with Crippen LogP contribution in [0.2, 0.25) is 0 Å². The van der Waals surface area contributed by atoms with Gasteiger partial charge in [-0.1, -0.05) is 32.6 Å². The highest BCUT2D eigenvalue weighted by atomic mass is 32.1. The van der Waals surface area contributed by atoms with Crippen molar-refractivity contribution in [1.82, 2.24) is 9.97 Å². The van der Waals surface area contributed by atoms with E-state index < -0.39 is 0 Å². The normalized spacial score (nSPS) is 23.2. The standard InChI is InChI=1S/C18H25N3S/c1-12-8-9-14-15(10-12)22-18-16(14)17(19-11-20-18)21-13-6-4-2-3-5-7-13/h11-13H,2-10H2,1H3,(H,19,20,21). The zero-order valence-corrected chi connectivity index (χ0v) is 14.2. The maximum atomic E-state index is 4.62. The van der Waals surface area contributed by atoms with Crippen LogP contribution in [0.25, 0.3) is 10.2 Å². The van der Waals surface area contributed by atoms with Crippen molar-refractivity contribution in [3.05, 3.63) is 16.8 Å². The van der Waals surface area contributed by atoms with Crippen molar-refractivity contribution in [1.29, 1.82) is 0 Å². The van der Waals surface area contributed by atoms with E-state index >= 15 is 0 Å². The molecule has 2 aliphatic carbocycles. The quantitative estimate of drug-likeness (QED) is 0.797. The third-order valence-corrected chi connectivity index (χ3v) is 6.45. The highest BCUT2D eigenvalue weighted by Gasteiger charge is 2.24. The molecule has 2 aliphatic rings. The number of rotatable bonds is 2. The highest BCUT2D eigenvalue weighted by molar-refractivity contribution is 7.19. The largest absolute Gasteiger partial charge is 0.367 e. The Morgan fingerprint density at radius 1 is 1.09 bits per heavy atom. The minimum absolute atomic E-state index is 0.596. The molecule has 1 fully saturated rings. The summed E-state index contributed by atoms with van der Waals surface area (Å²) < 4.78 is 0. The monoisotopic (exact) mass is 315 g/mol. The summed E-state index contributed by atoms with van der Waals surface area (Å²) in [7, 11) is 0. The van der Waals surface area contributed by atoms with Gasteiger partial charge in [0.2, 0.25) is 0 Å². The van der Waals surface area contributed by atoms with Gasteiger partial charge in [-0.15, -0.1) is 11.3 Å². The molecule has 0 bridgehead atoms. The fraction of sp³-hybridized carbons (Fsp3) is 0.667. The molecule has 4 heteroatoms. The zero-order chi connectivity index (χ0) is 14.9. The van der Waals surface area contributed by atoms with Crippen LogP contribution in [0.3, 0.4) is 0 Å². The van der Waals surface area contributed by atoms with Gasteiger partial charge >= 0.3 is 0 Å². The second-order valence-corrected chi connectivity index (χ2v) is 8.17. The number of aryl methyl sites for hydroxylation is 1. The van der Waals surface area contributed by atoms with E-state index in [2.05, 4.69) is 22.2 Å². The lowest BCUT2D eigenvalue weighted by atomic mass is 9.89. The molecular weight excluding hydrogens is 290 g/mol. The molecule has 2 aromatic heterocycles. The van der Waals surface area contributed by atoms with Crippen molar-refractivity contribution >= 4 is 27.4 Å². The van der Waals surface area contributed by atoms with E-state index in [1.807, 2.05) is 11.3 Å². The number of hydrogen-bond donors (Lipinski definition) is 1. The first-order valence-corrected chi connectivity index (χ1v) is 9.64. The fourth-order valence-electron chi connectivity index (χ4n) is 4.00. The Morgan fingerprint density at radius 2 is 1.91 bits per heavy atom. The summed E-state index contributed by atoms with van der Waals surface area (Å²) in [6, 6.07) is 0.596. The molecule has 0 radical (unpaired) electrons. The zero-order valence-electron chi connectivity index (χ0n) is 13.4. The summed E-state index contributed by atoms with van der Waals surface area (Å²) in [4.78, 5) is 11.9. The Labute approximate surface area is 136 Å². The van der Waals surface area contributed by atoms with Crippen molar-refractivity contribution in [2.45, 2.75) is 70.8 Å². The fourth-order valence-corrected chi connectivity index (χ4v) is 5.35. The van der Waals surface area contributed by atoms with Crippen molar-refractivity contribution in [2.24, 2.45) is 5.92 Å². The number of anilines is 1. The third-order valence-electron chi connectivity index (χ3n) is 5.29. The molecule has 1 saturated carbocycles. The molecule has 22 heavy (non-hydrogen) atoms. The van der Waals surface area contributed by atoms with E-state index in [9.17, 15) is 0 Å². The highest BCUT2D eigenvalue weighted by Crippen LogP contribution is 2.40. The van der Waals surface area contributed by atoms with Gasteiger partial charge in [0.05, 0.1) is 5.39 Å². The molecular formula is C18H25N3S. The lowest BCUT2D eigenvalue weighted by Crippen LogP contribution is -2.19. The maximum absolute atomic E-state index is 4.62. The van der Waals surface area contributed by atoms with E-state index in [0.717, 1.165) is 11.7 Å². The molecule has 0 aromatic carbocycles. The summed E-state index contributed by atoms with van der Waals surface area (Å²) in [6.45, 7) is 2.36. The van der Waals surface area contributed by atoms with Gasteiger partial charge in [0.25, 0.3) is 0 Å². The van der Waals surface area contributed by atoms with Gasteiger partial charge in [-0.25, -0.2) is 9.97 Å². The van der Waals surface area contributed by atoms with Gasteiger partial charge in [-0.2, -0.15) is 0 Å². The molecule has 0 aliphatic heterocycles. The SMILES string of the molecule is CC1CCc2c(sc3ncnc(NC4CCCCCC4)c23)C1. The first-order chi connectivity index (χ1) is 10.8. The van der Waals surface area contributed by atoms with Crippen LogP contribution >= 0.6 is 11.3 Å². The number of nitrogens with zero attached hydrogens (tertiary/aromatic N) is 2. The molecule has 118 valence electrons. The number of fused-ring (bicyclic) bond motifs is 3. The van der Waals surface area contributed by atoms with Crippen LogP contribution in [0.1, 0.15) is 62.3 Å². The van der Waals surface area contributed by atoms with Crippen LogP contribution in [-0.4, -0.2) is 16.0 Å². The Morgan fingerprint density at radius 3 is 2.73 bits per heavy atom. The molecule has 2 aromatic rings.